The number of allylic oxidation sites excluding steroid dienone is 1. The summed E-state index contributed by atoms with van der Waals surface area (Å²) in [6.45, 7) is 4.43. The van der Waals surface area contributed by atoms with E-state index >= 15 is 0 Å². The van der Waals surface area contributed by atoms with Gasteiger partial charge in [-0.3, -0.25) is 0 Å². The van der Waals surface area contributed by atoms with E-state index in [2.05, 4.69) is 36.1 Å². The Morgan fingerprint density at radius 2 is 1.44 bits per heavy atom. The number of hydrogen-bond acceptors (Lipinski definition) is 2. The summed E-state index contributed by atoms with van der Waals surface area (Å²) in [5, 5.41) is 0. The van der Waals surface area contributed by atoms with Gasteiger partial charge in [-0.1, -0.05) is 76.1 Å². The predicted molar refractivity (Wildman–Crippen MR) is 135 cm³/mol. The molecule has 0 bridgehead atoms. The Labute approximate surface area is 202 Å². The molecule has 1 fully saturated rings. The maximum absolute atomic E-state index is 12.1. The fraction of sp³-hybridized carbons (Fsp3) is 0.517. The number of nitrogens with zero attached hydrogens (tertiary/aromatic N) is 1. The first-order valence-corrected chi connectivity index (χ1v) is 12.8. The zero-order valence-corrected chi connectivity index (χ0v) is 20.3. The van der Waals surface area contributed by atoms with Gasteiger partial charge in [0.05, 0.1) is 0 Å². The fourth-order valence-electron chi connectivity index (χ4n) is 4.63. The summed E-state index contributed by atoms with van der Waals surface area (Å²) in [4.78, 5) is 2.49. The number of rotatable bonds is 12. The van der Waals surface area contributed by atoms with Gasteiger partial charge in [-0.2, -0.15) is 13.2 Å². The fourth-order valence-corrected chi connectivity index (χ4v) is 4.63. The zero-order valence-electron chi connectivity index (χ0n) is 20.3. The molecule has 0 radical (unpaired) electrons. The average molecular weight is 474 g/mol. The van der Waals surface area contributed by atoms with Crippen LogP contribution < -0.4 is 9.64 Å². The van der Waals surface area contributed by atoms with Gasteiger partial charge in [0.15, 0.2) is 0 Å². The van der Waals surface area contributed by atoms with E-state index in [9.17, 15) is 13.2 Å². The van der Waals surface area contributed by atoms with Gasteiger partial charge >= 0.3 is 6.18 Å². The molecule has 5 heteroatoms. The van der Waals surface area contributed by atoms with Gasteiger partial charge in [-0.25, -0.2) is 0 Å². The Kier molecular flexibility index (Phi) is 10.4. The average Bonchev–Trinajstić information content (AvgIpc) is 2.84. The van der Waals surface area contributed by atoms with Crippen molar-refractivity contribution in [3.8, 4) is 16.9 Å². The number of hydrogen-bond donors (Lipinski definition) is 0. The minimum Gasteiger partial charge on any atom is -0.490 e. The van der Waals surface area contributed by atoms with Crippen molar-refractivity contribution in [3.63, 3.8) is 0 Å². The molecule has 0 aliphatic carbocycles. The number of anilines is 1. The van der Waals surface area contributed by atoms with Gasteiger partial charge in [0.2, 0.25) is 0 Å². The van der Waals surface area contributed by atoms with Crippen LogP contribution in [-0.4, -0.2) is 25.9 Å². The predicted octanol–water partition coefficient (Wildman–Crippen LogP) is 8.82. The van der Waals surface area contributed by atoms with Crippen LogP contribution in [-0.2, 0) is 0 Å². The molecule has 1 aliphatic rings. The number of alkyl halides is 3. The van der Waals surface area contributed by atoms with Crippen LogP contribution in [0.25, 0.3) is 11.1 Å². The molecule has 0 saturated carbocycles. The summed E-state index contributed by atoms with van der Waals surface area (Å²) in [5.41, 5.74) is 3.45. The summed E-state index contributed by atoms with van der Waals surface area (Å²) in [6.07, 6.45) is 9.09. The van der Waals surface area contributed by atoms with Crippen LogP contribution in [0.2, 0.25) is 0 Å². The van der Waals surface area contributed by atoms with Gasteiger partial charge in [0, 0.05) is 24.9 Å². The molecule has 2 aromatic carbocycles. The third-order valence-electron chi connectivity index (χ3n) is 6.65. The molecular formula is C29H38F3NO. The molecular weight excluding hydrogens is 435 g/mol. The highest BCUT2D eigenvalue weighted by molar-refractivity contribution is 5.67. The highest BCUT2D eigenvalue weighted by Crippen LogP contribution is 2.29. The molecule has 0 atom stereocenters. The molecule has 1 heterocycles. The summed E-state index contributed by atoms with van der Waals surface area (Å²) in [7, 11) is 0. The lowest BCUT2D eigenvalue weighted by Gasteiger charge is -2.33. The van der Waals surface area contributed by atoms with Gasteiger partial charge in [0.1, 0.15) is 12.4 Å². The monoisotopic (exact) mass is 473 g/mol. The maximum atomic E-state index is 12.1. The molecule has 2 aromatic rings. The molecule has 1 aliphatic heterocycles. The number of halogens is 3. The third-order valence-corrected chi connectivity index (χ3v) is 6.65. The summed E-state index contributed by atoms with van der Waals surface area (Å²) in [6, 6.07) is 16.1. The van der Waals surface area contributed by atoms with E-state index in [-0.39, 0.29) is 12.7 Å². The Balaban J connectivity index is 1.41. The number of piperidine rings is 1. The molecule has 0 unspecified atom stereocenters. The molecule has 3 rings (SSSR count). The van der Waals surface area contributed by atoms with Crippen molar-refractivity contribution in [2.45, 2.75) is 70.9 Å². The van der Waals surface area contributed by atoms with Gasteiger partial charge in [-0.05, 0) is 60.2 Å². The van der Waals surface area contributed by atoms with E-state index in [1.807, 2.05) is 12.1 Å². The zero-order chi connectivity index (χ0) is 24.2. The molecule has 186 valence electrons. The second kappa shape index (κ2) is 13.5. The van der Waals surface area contributed by atoms with Crippen molar-refractivity contribution in [3.05, 3.63) is 60.7 Å². The molecule has 1 saturated heterocycles. The van der Waals surface area contributed by atoms with Crippen molar-refractivity contribution < 1.29 is 17.9 Å². The standard InChI is InChI=1S/C29H38F3NO/c1-2-3-4-5-6-7-9-24-18-21-33(22-19-24)27-14-10-25(11-15-27)26-12-16-28(17-13-26)34-23-8-20-29(30,31)32/h8,10-17,20,24H,2-7,9,18-19,21-23H2,1H3. The Morgan fingerprint density at radius 3 is 2.06 bits per heavy atom. The summed E-state index contributed by atoms with van der Waals surface area (Å²) in [5.74, 6) is 1.43. The molecule has 2 nitrogen and oxygen atoms in total. The molecule has 0 N–H and O–H groups in total. The largest absolute Gasteiger partial charge is 0.490 e. The van der Waals surface area contributed by atoms with Gasteiger partial charge in [-0.15, -0.1) is 0 Å². The van der Waals surface area contributed by atoms with Crippen molar-refractivity contribution in [2.75, 3.05) is 24.6 Å². The van der Waals surface area contributed by atoms with Crippen molar-refractivity contribution in [1.82, 2.24) is 0 Å². The van der Waals surface area contributed by atoms with Crippen molar-refractivity contribution >= 4 is 5.69 Å². The highest BCUT2D eigenvalue weighted by Gasteiger charge is 2.21. The summed E-state index contributed by atoms with van der Waals surface area (Å²) >= 11 is 0. The lowest BCUT2D eigenvalue weighted by atomic mass is 9.90. The number of benzene rings is 2. The van der Waals surface area contributed by atoms with E-state index < -0.39 is 6.18 Å². The highest BCUT2D eigenvalue weighted by atomic mass is 19.4. The van der Waals surface area contributed by atoms with E-state index in [1.54, 1.807) is 12.1 Å². The Morgan fingerprint density at radius 1 is 0.853 bits per heavy atom. The van der Waals surface area contributed by atoms with E-state index in [4.69, 9.17) is 4.74 Å². The first kappa shape index (κ1) is 26.2. The quantitative estimate of drug-likeness (QED) is 0.225. The van der Waals surface area contributed by atoms with Gasteiger partial charge in [0.25, 0.3) is 0 Å². The Hall–Kier alpha value is -2.43. The lowest BCUT2D eigenvalue weighted by molar-refractivity contribution is -0.0801. The number of unbranched alkanes of at least 4 members (excludes halogenated alkanes) is 5. The van der Waals surface area contributed by atoms with Crippen LogP contribution in [0.3, 0.4) is 0 Å². The van der Waals surface area contributed by atoms with Crippen molar-refractivity contribution in [1.29, 1.82) is 0 Å². The van der Waals surface area contributed by atoms with Crippen molar-refractivity contribution in [2.24, 2.45) is 5.92 Å². The molecule has 0 amide bonds. The molecule has 0 spiro atoms. The van der Waals surface area contributed by atoms with E-state index in [0.717, 1.165) is 36.2 Å². The second-order valence-electron chi connectivity index (χ2n) is 9.31. The van der Waals surface area contributed by atoms with Crippen LogP contribution >= 0.6 is 0 Å². The first-order valence-electron chi connectivity index (χ1n) is 12.8. The van der Waals surface area contributed by atoms with Crippen LogP contribution in [0.5, 0.6) is 5.75 Å². The van der Waals surface area contributed by atoms with Gasteiger partial charge < -0.3 is 9.64 Å². The molecule has 34 heavy (non-hydrogen) atoms. The SMILES string of the molecule is CCCCCCCCC1CCN(c2ccc(-c3ccc(OCC=CC(F)(F)F)cc3)cc2)CC1. The van der Waals surface area contributed by atoms with Crippen LogP contribution in [0, 0.1) is 5.92 Å². The second-order valence-corrected chi connectivity index (χ2v) is 9.31. The summed E-state index contributed by atoms with van der Waals surface area (Å²) < 4.78 is 41.7. The van der Waals surface area contributed by atoms with E-state index in [0.29, 0.717) is 5.75 Å². The van der Waals surface area contributed by atoms with E-state index in [1.165, 1.54) is 63.5 Å². The van der Waals surface area contributed by atoms with Crippen LogP contribution in [0.4, 0.5) is 18.9 Å². The van der Waals surface area contributed by atoms with Crippen LogP contribution in [0.15, 0.2) is 60.7 Å². The first-order chi connectivity index (χ1) is 16.4. The molecule has 0 aromatic heterocycles. The normalized spacial score (nSPS) is 15.2. The lowest BCUT2D eigenvalue weighted by Crippen LogP contribution is -2.33. The third kappa shape index (κ3) is 9.08. The maximum Gasteiger partial charge on any atom is 0.409 e. The van der Waals surface area contributed by atoms with Crippen LogP contribution in [0.1, 0.15) is 64.7 Å². The minimum atomic E-state index is -4.30. The smallest absolute Gasteiger partial charge is 0.409 e. The minimum absolute atomic E-state index is 0.108. The number of ether oxygens (including phenoxy) is 1. The Bertz CT molecular complexity index is 850. The topological polar surface area (TPSA) is 12.5 Å².